The van der Waals surface area contributed by atoms with Crippen molar-refractivity contribution in [1.82, 2.24) is 5.32 Å². The second kappa shape index (κ2) is 12.1. The highest BCUT2D eigenvalue weighted by Crippen LogP contribution is 2.05. The van der Waals surface area contributed by atoms with E-state index in [0.717, 1.165) is 11.8 Å². The van der Waals surface area contributed by atoms with Crippen LogP contribution in [0.2, 0.25) is 0 Å². The fourth-order valence-electron chi connectivity index (χ4n) is 1.17. The van der Waals surface area contributed by atoms with Crippen LogP contribution in [0.3, 0.4) is 0 Å². The van der Waals surface area contributed by atoms with Gasteiger partial charge in [-0.3, -0.25) is 9.59 Å². The topological polar surface area (TPSA) is 55.4 Å². The van der Waals surface area contributed by atoms with Crippen LogP contribution in [0.4, 0.5) is 0 Å². The number of nitrogens with one attached hydrogen (secondary N) is 1. The summed E-state index contributed by atoms with van der Waals surface area (Å²) in [6.45, 7) is 11.8. The first kappa shape index (κ1) is 21.6. The minimum absolute atomic E-state index is 0.213. The summed E-state index contributed by atoms with van der Waals surface area (Å²) >= 11 is 0. The quantitative estimate of drug-likeness (QED) is 0.686. The standard InChI is InChI=1S/C8H8O.C7H15NO2.C2H6/c1-7-2-4-8(6-9)5-3-7;1-7(2,3)10-6(9)5-8-4;1-2/h2-6H,1H3;8H,5H2,1-4H3;1-2H3. The Bertz CT molecular complexity index is 391. The van der Waals surface area contributed by atoms with Gasteiger partial charge in [0.25, 0.3) is 0 Å². The van der Waals surface area contributed by atoms with E-state index in [-0.39, 0.29) is 18.1 Å². The molecule has 0 amide bonds. The summed E-state index contributed by atoms with van der Waals surface area (Å²) < 4.78 is 4.98. The number of ether oxygens (including phenoxy) is 1. The molecule has 0 bridgehead atoms. The predicted molar refractivity (Wildman–Crippen MR) is 87.7 cm³/mol. The number of hydrogen-bond donors (Lipinski definition) is 1. The Labute approximate surface area is 128 Å². The number of carbonyl (C=O) groups excluding carboxylic acids is 2. The van der Waals surface area contributed by atoms with Crippen LogP contribution in [0.15, 0.2) is 24.3 Å². The third-order valence-electron chi connectivity index (χ3n) is 1.95. The highest BCUT2D eigenvalue weighted by atomic mass is 16.6. The molecule has 0 saturated carbocycles. The second-order valence-electron chi connectivity index (χ2n) is 5.15. The van der Waals surface area contributed by atoms with E-state index in [4.69, 9.17) is 4.74 Å². The molecule has 0 fully saturated rings. The molecule has 0 atom stereocenters. The van der Waals surface area contributed by atoms with Crippen molar-refractivity contribution in [1.29, 1.82) is 0 Å². The molecule has 120 valence electrons. The molecule has 0 heterocycles. The molecule has 1 aromatic rings. The van der Waals surface area contributed by atoms with Crippen LogP contribution < -0.4 is 5.32 Å². The van der Waals surface area contributed by atoms with Crippen molar-refractivity contribution in [3.63, 3.8) is 0 Å². The lowest BCUT2D eigenvalue weighted by atomic mass is 10.2. The largest absolute Gasteiger partial charge is 0.459 e. The lowest BCUT2D eigenvalue weighted by Crippen LogP contribution is -2.29. The van der Waals surface area contributed by atoms with Gasteiger partial charge in [0.2, 0.25) is 0 Å². The Morgan fingerprint density at radius 3 is 2.00 bits per heavy atom. The van der Waals surface area contributed by atoms with Crippen molar-refractivity contribution >= 4 is 12.3 Å². The highest BCUT2D eigenvalue weighted by molar-refractivity contribution is 5.74. The minimum atomic E-state index is -0.367. The molecule has 0 aliphatic heterocycles. The highest BCUT2D eigenvalue weighted by Gasteiger charge is 2.14. The fourth-order valence-corrected chi connectivity index (χ4v) is 1.17. The number of likely N-dealkylation sites (N-methyl/N-ethyl adjacent to an activating group) is 1. The van der Waals surface area contributed by atoms with Crippen LogP contribution in [0.5, 0.6) is 0 Å². The van der Waals surface area contributed by atoms with E-state index < -0.39 is 0 Å². The molecule has 0 aromatic heterocycles. The van der Waals surface area contributed by atoms with Crippen molar-refractivity contribution in [2.24, 2.45) is 0 Å². The maximum absolute atomic E-state index is 10.8. The zero-order valence-corrected chi connectivity index (χ0v) is 14.3. The van der Waals surface area contributed by atoms with Gasteiger partial charge in [0, 0.05) is 5.56 Å². The second-order valence-corrected chi connectivity index (χ2v) is 5.15. The molecule has 0 aliphatic rings. The number of hydrogen-bond acceptors (Lipinski definition) is 4. The summed E-state index contributed by atoms with van der Waals surface area (Å²) in [5, 5.41) is 2.72. The maximum Gasteiger partial charge on any atom is 0.320 e. The van der Waals surface area contributed by atoms with Crippen LogP contribution in [0, 0.1) is 6.92 Å². The van der Waals surface area contributed by atoms with E-state index in [0.29, 0.717) is 0 Å². The summed E-state index contributed by atoms with van der Waals surface area (Å²) in [7, 11) is 1.71. The molecule has 0 radical (unpaired) electrons. The van der Waals surface area contributed by atoms with Gasteiger partial charge in [-0.25, -0.2) is 0 Å². The van der Waals surface area contributed by atoms with E-state index in [1.165, 1.54) is 5.56 Å². The van der Waals surface area contributed by atoms with E-state index in [1.54, 1.807) is 7.05 Å². The fraction of sp³-hybridized carbons (Fsp3) is 0.529. The van der Waals surface area contributed by atoms with Gasteiger partial charge in [0.1, 0.15) is 11.9 Å². The smallest absolute Gasteiger partial charge is 0.320 e. The van der Waals surface area contributed by atoms with Gasteiger partial charge in [-0.1, -0.05) is 43.7 Å². The van der Waals surface area contributed by atoms with E-state index in [9.17, 15) is 9.59 Å². The average molecular weight is 295 g/mol. The van der Waals surface area contributed by atoms with Crippen LogP contribution in [0.1, 0.15) is 50.5 Å². The lowest BCUT2D eigenvalue weighted by molar-refractivity contribution is -0.153. The van der Waals surface area contributed by atoms with Crippen molar-refractivity contribution in [3.8, 4) is 0 Å². The summed E-state index contributed by atoms with van der Waals surface area (Å²) in [6.07, 6.45) is 0.847. The van der Waals surface area contributed by atoms with Gasteiger partial charge in [-0.2, -0.15) is 0 Å². The Kier molecular flexibility index (Phi) is 12.4. The number of benzene rings is 1. The molecule has 0 spiro atoms. The lowest BCUT2D eigenvalue weighted by Gasteiger charge is -2.19. The van der Waals surface area contributed by atoms with Crippen molar-refractivity contribution in [3.05, 3.63) is 35.4 Å². The number of carbonyl (C=O) groups is 2. The molecule has 0 unspecified atom stereocenters. The minimum Gasteiger partial charge on any atom is -0.459 e. The van der Waals surface area contributed by atoms with E-state index >= 15 is 0 Å². The molecular formula is C17H29NO3. The molecular weight excluding hydrogens is 266 g/mol. The SMILES string of the molecule is CC.CNCC(=O)OC(C)(C)C.Cc1ccc(C=O)cc1. The van der Waals surface area contributed by atoms with Gasteiger partial charge in [0.05, 0.1) is 6.54 Å². The molecule has 1 N–H and O–H groups in total. The predicted octanol–water partition coefficient (Wildman–Crippen LogP) is 3.38. The summed E-state index contributed by atoms with van der Waals surface area (Å²) in [5.41, 5.74) is 1.55. The van der Waals surface area contributed by atoms with Gasteiger partial charge in [-0.05, 0) is 34.7 Å². The van der Waals surface area contributed by atoms with Gasteiger partial charge in [0.15, 0.2) is 0 Å². The zero-order valence-electron chi connectivity index (χ0n) is 14.3. The Hall–Kier alpha value is -1.68. The Balaban J connectivity index is 0. The van der Waals surface area contributed by atoms with Gasteiger partial charge in [-0.15, -0.1) is 0 Å². The van der Waals surface area contributed by atoms with Gasteiger partial charge < -0.3 is 10.1 Å². The monoisotopic (exact) mass is 295 g/mol. The molecule has 21 heavy (non-hydrogen) atoms. The van der Waals surface area contributed by atoms with E-state index in [2.05, 4.69) is 5.32 Å². The molecule has 1 rings (SSSR count). The molecule has 0 saturated heterocycles. The summed E-state index contributed by atoms with van der Waals surface area (Å²) in [4.78, 5) is 20.9. The third-order valence-corrected chi connectivity index (χ3v) is 1.95. The van der Waals surface area contributed by atoms with E-state index in [1.807, 2.05) is 65.8 Å². The van der Waals surface area contributed by atoms with Crippen molar-refractivity contribution < 1.29 is 14.3 Å². The Morgan fingerprint density at radius 2 is 1.67 bits per heavy atom. The number of rotatable bonds is 3. The normalized spacial score (nSPS) is 9.48. The van der Waals surface area contributed by atoms with Crippen molar-refractivity contribution in [2.45, 2.75) is 47.1 Å². The zero-order chi connectivity index (χ0) is 16.9. The van der Waals surface area contributed by atoms with Crippen LogP contribution >= 0.6 is 0 Å². The molecule has 0 aliphatic carbocycles. The number of aldehydes is 1. The Morgan fingerprint density at radius 1 is 1.19 bits per heavy atom. The molecule has 4 nitrogen and oxygen atoms in total. The maximum atomic E-state index is 10.8. The first-order valence-electron chi connectivity index (χ1n) is 7.17. The number of esters is 1. The van der Waals surface area contributed by atoms with Crippen LogP contribution in [-0.4, -0.2) is 31.4 Å². The average Bonchev–Trinajstić information content (AvgIpc) is 2.41. The molecule has 1 aromatic carbocycles. The van der Waals surface area contributed by atoms with Gasteiger partial charge >= 0.3 is 5.97 Å². The van der Waals surface area contributed by atoms with Crippen LogP contribution in [0.25, 0.3) is 0 Å². The first-order valence-corrected chi connectivity index (χ1v) is 7.17. The van der Waals surface area contributed by atoms with Crippen molar-refractivity contribution in [2.75, 3.05) is 13.6 Å². The summed E-state index contributed by atoms with van der Waals surface area (Å²) in [6, 6.07) is 7.46. The third kappa shape index (κ3) is 14.5. The van der Waals surface area contributed by atoms with Crippen LogP contribution in [-0.2, 0) is 9.53 Å². The molecule has 4 heteroatoms. The summed E-state index contributed by atoms with van der Waals surface area (Å²) in [5.74, 6) is -0.213. The number of aryl methyl sites for hydroxylation is 1. The first-order chi connectivity index (χ1) is 9.78.